The van der Waals surface area contributed by atoms with Crippen LogP contribution in [0.1, 0.15) is 18.1 Å². The molecule has 3 N–H and O–H groups in total. The highest BCUT2D eigenvalue weighted by molar-refractivity contribution is 7.92. The second-order valence-electron chi connectivity index (χ2n) is 7.13. The Labute approximate surface area is 201 Å². The lowest BCUT2D eigenvalue weighted by molar-refractivity contribution is 0.164. The van der Waals surface area contributed by atoms with Crippen LogP contribution in [-0.2, 0) is 20.2 Å². The lowest BCUT2D eigenvalue weighted by Gasteiger charge is -2.13. The van der Waals surface area contributed by atoms with Gasteiger partial charge in [0.15, 0.2) is 5.83 Å². The van der Waals surface area contributed by atoms with Crippen LogP contribution in [-0.4, -0.2) is 36.0 Å². The molecule has 0 radical (unpaired) electrons. The molecule has 0 bridgehead atoms. The second-order valence-corrected chi connectivity index (χ2v) is 9.52. The molecule has 0 heterocycles. The van der Waals surface area contributed by atoms with E-state index in [1.165, 1.54) is 25.5 Å². The Morgan fingerprint density at radius 1 is 1.23 bits per heavy atom. The lowest BCUT2D eigenvalue weighted by Crippen LogP contribution is -2.10. The summed E-state index contributed by atoms with van der Waals surface area (Å²) in [5, 5.41) is 2.71. The maximum Gasteiger partial charge on any atom is 0.441 e. The van der Waals surface area contributed by atoms with Gasteiger partial charge in [0, 0.05) is 29.8 Å². The largest absolute Gasteiger partial charge is 0.496 e. The first-order valence-corrected chi connectivity index (χ1v) is 12.2. The van der Waals surface area contributed by atoms with E-state index in [4.69, 9.17) is 10.5 Å². The predicted molar refractivity (Wildman–Crippen MR) is 129 cm³/mol. The summed E-state index contributed by atoms with van der Waals surface area (Å²) in [4.78, 5) is 15.6. The molecule has 2 aromatic rings. The average Bonchev–Trinajstić information content (AvgIpc) is 2.75. The first kappa shape index (κ1) is 27.4. The monoisotopic (exact) mass is 510 g/mol. The minimum Gasteiger partial charge on any atom is -0.496 e. The van der Waals surface area contributed by atoms with E-state index in [1.807, 2.05) is 0 Å². The summed E-state index contributed by atoms with van der Waals surface area (Å²) in [6, 6.07) is 7.09. The molecule has 0 aliphatic heterocycles. The molecular weight excluding hydrogens is 485 g/mol. The number of carbonyl (C=O) groups is 1. The minimum absolute atomic E-state index is 0.00430. The number of aliphatic imine (C=N–C) groups is 1. The molecule has 1 atom stereocenters. The van der Waals surface area contributed by atoms with Gasteiger partial charge in [-0.3, -0.25) is 0 Å². The van der Waals surface area contributed by atoms with Gasteiger partial charge in [-0.05, 0) is 42.8 Å². The quantitative estimate of drug-likeness (QED) is 0.465. The van der Waals surface area contributed by atoms with Crippen LogP contribution in [0.5, 0.6) is 5.75 Å². The summed E-state index contributed by atoms with van der Waals surface area (Å²) in [5.41, 5.74) is 5.52. The molecule has 2 aromatic carbocycles. The van der Waals surface area contributed by atoms with Crippen molar-refractivity contribution < 1.29 is 31.6 Å². The summed E-state index contributed by atoms with van der Waals surface area (Å²) < 4.78 is 68.2. The molecule has 12 heteroatoms. The van der Waals surface area contributed by atoms with Gasteiger partial charge >= 0.3 is 6.09 Å². The number of nitrogens with zero attached hydrogens (tertiary/aromatic N) is 2. The Morgan fingerprint density at radius 2 is 1.94 bits per heavy atom. The number of rotatable bonds is 9. The number of benzene rings is 2. The summed E-state index contributed by atoms with van der Waals surface area (Å²) >= 11 is 0. The van der Waals surface area contributed by atoms with Crippen molar-refractivity contribution in [2.24, 2.45) is 15.1 Å². The zero-order valence-electron chi connectivity index (χ0n) is 19.3. The average molecular weight is 511 g/mol. The summed E-state index contributed by atoms with van der Waals surface area (Å²) in [7, 11) is -1.78. The Morgan fingerprint density at radius 3 is 2.57 bits per heavy atom. The molecule has 2 rings (SSSR count). The number of ether oxygens (including phenoxy) is 2. The van der Waals surface area contributed by atoms with Gasteiger partial charge in [0.05, 0.1) is 29.2 Å². The third-order valence-electron chi connectivity index (χ3n) is 4.25. The molecule has 0 spiro atoms. The number of allylic oxidation sites excluding steroid dienone is 1. The van der Waals surface area contributed by atoms with E-state index in [-0.39, 0.29) is 46.5 Å². The molecule has 0 fully saturated rings. The summed E-state index contributed by atoms with van der Waals surface area (Å²) in [6.07, 6.45) is 0.937. The SMILES string of the molecule is C=C(/N=C(\C(F)=C/N)c1ccc(F)cc1OC)Nc1cc(F)cc(CS(C)(=O)=NC(=O)OCC)c1. The summed E-state index contributed by atoms with van der Waals surface area (Å²) in [5.74, 6) is -2.58. The molecular formula is C23H25F3N4O4S. The Hall–Kier alpha value is -3.80. The molecule has 0 saturated carbocycles. The van der Waals surface area contributed by atoms with E-state index in [0.717, 1.165) is 24.3 Å². The lowest BCUT2D eigenvalue weighted by atomic mass is 10.1. The number of amides is 1. The van der Waals surface area contributed by atoms with E-state index < -0.39 is 33.3 Å². The van der Waals surface area contributed by atoms with Crippen LogP contribution in [0.15, 0.2) is 70.2 Å². The first-order valence-electron chi connectivity index (χ1n) is 10.1. The minimum atomic E-state index is -3.06. The van der Waals surface area contributed by atoms with Crippen molar-refractivity contribution in [3.63, 3.8) is 0 Å². The fourth-order valence-electron chi connectivity index (χ4n) is 2.97. The van der Waals surface area contributed by atoms with E-state index in [0.29, 0.717) is 6.20 Å². The van der Waals surface area contributed by atoms with Crippen molar-refractivity contribution in [1.29, 1.82) is 0 Å². The highest BCUT2D eigenvalue weighted by Gasteiger charge is 2.17. The third-order valence-corrected chi connectivity index (χ3v) is 5.66. The van der Waals surface area contributed by atoms with Crippen molar-refractivity contribution in [3.8, 4) is 5.75 Å². The van der Waals surface area contributed by atoms with Crippen molar-refractivity contribution in [3.05, 3.63) is 83.6 Å². The van der Waals surface area contributed by atoms with Gasteiger partial charge in [-0.1, -0.05) is 6.58 Å². The van der Waals surface area contributed by atoms with Crippen molar-refractivity contribution in [2.45, 2.75) is 12.7 Å². The van der Waals surface area contributed by atoms with Crippen LogP contribution in [0, 0.1) is 11.6 Å². The maximum absolute atomic E-state index is 14.5. The van der Waals surface area contributed by atoms with Gasteiger partial charge in [-0.15, -0.1) is 4.36 Å². The number of methoxy groups -OCH3 is 1. The smallest absolute Gasteiger partial charge is 0.441 e. The number of hydrogen-bond donors (Lipinski definition) is 2. The summed E-state index contributed by atoms with van der Waals surface area (Å²) in [6.45, 7) is 5.34. The molecule has 1 unspecified atom stereocenters. The van der Waals surface area contributed by atoms with Crippen LogP contribution in [0.25, 0.3) is 0 Å². The van der Waals surface area contributed by atoms with Gasteiger partial charge in [0.25, 0.3) is 0 Å². The fraction of sp³-hybridized carbons (Fsp3) is 0.217. The van der Waals surface area contributed by atoms with Crippen LogP contribution >= 0.6 is 0 Å². The molecule has 35 heavy (non-hydrogen) atoms. The standard InChI is InChI=1S/C23H25F3N4O4S/c1-5-34-23(31)30-35(4,32)13-15-8-17(25)10-18(9-15)28-14(2)29-22(20(26)12-27)19-7-6-16(24)11-21(19)33-3/h6-12,28H,2,5,13,27H2,1,3-4H3/b20-12+,29-22-. The first-order chi connectivity index (χ1) is 16.5. The van der Waals surface area contributed by atoms with Crippen molar-refractivity contribution in [1.82, 2.24) is 0 Å². The highest BCUT2D eigenvalue weighted by Crippen LogP contribution is 2.25. The van der Waals surface area contributed by atoms with Crippen LogP contribution in [0.4, 0.5) is 23.7 Å². The predicted octanol–water partition coefficient (Wildman–Crippen LogP) is 4.87. The highest BCUT2D eigenvalue weighted by atomic mass is 32.2. The number of nitrogens with two attached hydrogens (primary N) is 1. The van der Waals surface area contributed by atoms with E-state index >= 15 is 0 Å². The van der Waals surface area contributed by atoms with Crippen LogP contribution in [0.3, 0.4) is 0 Å². The van der Waals surface area contributed by atoms with Crippen LogP contribution in [0.2, 0.25) is 0 Å². The molecule has 0 aliphatic carbocycles. The zero-order valence-corrected chi connectivity index (χ0v) is 20.1. The van der Waals surface area contributed by atoms with E-state index in [1.54, 1.807) is 6.92 Å². The molecule has 8 nitrogen and oxygen atoms in total. The number of halogens is 3. The Balaban J connectivity index is 2.37. The van der Waals surface area contributed by atoms with Gasteiger partial charge in [0.2, 0.25) is 0 Å². The number of hydrogen-bond acceptors (Lipinski definition) is 7. The molecule has 0 saturated heterocycles. The molecule has 1 amide bonds. The number of nitrogens with one attached hydrogen (secondary N) is 1. The number of anilines is 1. The fourth-order valence-corrected chi connectivity index (χ4v) is 4.18. The molecule has 188 valence electrons. The van der Waals surface area contributed by atoms with Crippen molar-refractivity contribution >= 4 is 27.2 Å². The molecule has 0 aliphatic rings. The van der Waals surface area contributed by atoms with E-state index in [9.17, 15) is 22.2 Å². The topological polar surface area (TPSA) is 115 Å². The van der Waals surface area contributed by atoms with Crippen molar-refractivity contribution in [2.75, 3.05) is 25.3 Å². The van der Waals surface area contributed by atoms with Gasteiger partial charge < -0.3 is 20.5 Å². The van der Waals surface area contributed by atoms with Crippen LogP contribution < -0.4 is 15.8 Å². The number of carbonyl (C=O) groups excluding carboxylic acids is 1. The maximum atomic E-state index is 14.5. The Bertz CT molecular complexity index is 1300. The third kappa shape index (κ3) is 8.18. The Kier molecular flexibility index (Phi) is 9.46. The van der Waals surface area contributed by atoms with Gasteiger partial charge in [0.1, 0.15) is 28.9 Å². The zero-order chi connectivity index (χ0) is 26.2. The van der Waals surface area contributed by atoms with Gasteiger partial charge in [-0.2, -0.15) is 0 Å². The molecule has 0 aromatic heterocycles. The normalized spacial score (nSPS) is 13.5. The second kappa shape index (κ2) is 12.1. The van der Waals surface area contributed by atoms with Gasteiger partial charge in [-0.25, -0.2) is 27.2 Å². The van der Waals surface area contributed by atoms with E-state index in [2.05, 4.69) is 26.0 Å².